The lowest BCUT2D eigenvalue weighted by Crippen LogP contribution is -2.45. The van der Waals surface area contributed by atoms with Crippen LogP contribution >= 0.6 is 0 Å². The average molecular weight is 410 g/mol. The van der Waals surface area contributed by atoms with E-state index in [0.717, 1.165) is 32.7 Å². The number of phenols is 1. The van der Waals surface area contributed by atoms with Crippen LogP contribution in [0.5, 0.6) is 23.0 Å². The monoisotopic (exact) mass is 410 g/mol. The van der Waals surface area contributed by atoms with Gasteiger partial charge in [0.15, 0.2) is 0 Å². The number of benzene rings is 2. The largest absolute Gasteiger partial charge is 0.507 e. The maximum absolute atomic E-state index is 13.0. The standard InChI is InChI=1S/C23H26N2O5/c1-3-24-10-12-25(13-11-24)14-19-20(26)9-8-18-22(27)21(15-29-23(18)19)30-17-6-4-16(28-2)5-7-17/h4-9,15,26H,3,10-14H2,1-2H3. The van der Waals surface area contributed by atoms with E-state index in [4.69, 9.17) is 13.9 Å². The van der Waals surface area contributed by atoms with Crippen LogP contribution in [0, 0.1) is 0 Å². The Morgan fingerprint density at radius 2 is 1.67 bits per heavy atom. The van der Waals surface area contributed by atoms with E-state index in [1.807, 2.05) is 0 Å². The molecule has 1 fully saturated rings. The Bertz CT molecular complexity index is 1070. The summed E-state index contributed by atoms with van der Waals surface area (Å²) in [6.07, 6.45) is 1.31. The molecule has 1 aliphatic heterocycles. The van der Waals surface area contributed by atoms with Crippen LogP contribution in [-0.4, -0.2) is 54.7 Å². The van der Waals surface area contributed by atoms with Crippen LogP contribution in [0.25, 0.3) is 11.0 Å². The zero-order valence-corrected chi connectivity index (χ0v) is 17.3. The van der Waals surface area contributed by atoms with E-state index in [-0.39, 0.29) is 16.9 Å². The van der Waals surface area contributed by atoms with Gasteiger partial charge in [0.2, 0.25) is 11.2 Å². The lowest BCUT2D eigenvalue weighted by atomic mass is 10.1. The fourth-order valence-corrected chi connectivity index (χ4v) is 3.71. The van der Waals surface area contributed by atoms with Crippen LogP contribution in [0.4, 0.5) is 0 Å². The fraction of sp³-hybridized carbons (Fsp3) is 0.348. The van der Waals surface area contributed by atoms with E-state index in [2.05, 4.69) is 16.7 Å². The number of ether oxygens (including phenoxy) is 2. The summed E-state index contributed by atoms with van der Waals surface area (Å²) < 4.78 is 16.6. The highest BCUT2D eigenvalue weighted by molar-refractivity contribution is 5.83. The average Bonchev–Trinajstić information content (AvgIpc) is 2.78. The Morgan fingerprint density at radius 3 is 2.33 bits per heavy atom. The molecule has 2 aromatic carbocycles. The van der Waals surface area contributed by atoms with Crippen molar-refractivity contribution in [1.82, 2.24) is 9.80 Å². The first-order valence-electron chi connectivity index (χ1n) is 10.1. The third kappa shape index (κ3) is 4.13. The topological polar surface area (TPSA) is 75.4 Å². The predicted molar refractivity (Wildman–Crippen MR) is 115 cm³/mol. The number of nitrogens with zero attached hydrogens (tertiary/aromatic N) is 2. The molecule has 0 bridgehead atoms. The maximum atomic E-state index is 13.0. The minimum absolute atomic E-state index is 0.0980. The van der Waals surface area contributed by atoms with Crippen molar-refractivity contribution in [3.8, 4) is 23.0 Å². The number of rotatable bonds is 6. The highest BCUT2D eigenvalue weighted by Crippen LogP contribution is 2.30. The van der Waals surface area contributed by atoms with Crippen molar-refractivity contribution >= 4 is 11.0 Å². The Morgan fingerprint density at radius 1 is 1.00 bits per heavy atom. The molecule has 1 N–H and O–H groups in total. The van der Waals surface area contributed by atoms with Gasteiger partial charge in [0, 0.05) is 32.7 Å². The van der Waals surface area contributed by atoms with Crippen molar-refractivity contribution in [3.63, 3.8) is 0 Å². The van der Waals surface area contributed by atoms with Gasteiger partial charge < -0.3 is 23.9 Å². The quantitative estimate of drug-likeness (QED) is 0.667. The summed E-state index contributed by atoms with van der Waals surface area (Å²) in [5, 5.41) is 10.8. The SMILES string of the molecule is CCN1CCN(Cc2c(O)ccc3c(=O)c(Oc4ccc(OC)cc4)coc23)CC1. The molecule has 0 saturated carbocycles. The zero-order valence-electron chi connectivity index (χ0n) is 17.3. The van der Waals surface area contributed by atoms with Crippen molar-refractivity contribution in [3.05, 3.63) is 58.4 Å². The van der Waals surface area contributed by atoms with Crippen LogP contribution in [-0.2, 0) is 6.54 Å². The summed E-state index contributed by atoms with van der Waals surface area (Å²) in [4.78, 5) is 17.6. The van der Waals surface area contributed by atoms with Crippen LogP contribution < -0.4 is 14.9 Å². The van der Waals surface area contributed by atoms with Crippen LogP contribution in [0.15, 0.2) is 51.9 Å². The molecule has 1 saturated heterocycles. The van der Waals surface area contributed by atoms with Crippen LogP contribution in [0.1, 0.15) is 12.5 Å². The molecule has 7 nitrogen and oxygen atoms in total. The van der Waals surface area contributed by atoms with Gasteiger partial charge in [-0.3, -0.25) is 9.69 Å². The van der Waals surface area contributed by atoms with Gasteiger partial charge in [-0.05, 0) is 42.9 Å². The molecule has 30 heavy (non-hydrogen) atoms. The summed E-state index contributed by atoms with van der Waals surface area (Å²) in [5.74, 6) is 1.44. The molecule has 0 amide bonds. The lowest BCUT2D eigenvalue weighted by Gasteiger charge is -2.34. The normalized spacial score (nSPS) is 15.4. The molecule has 1 aliphatic rings. The molecule has 2 heterocycles. The van der Waals surface area contributed by atoms with Gasteiger partial charge in [-0.15, -0.1) is 0 Å². The summed E-state index contributed by atoms with van der Waals surface area (Å²) >= 11 is 0. The van der Waals surface area contributed by atoms with E-state index >= 15 is 0 Å². The smallest absolute Gasteiger partial charge is 0.235 e. The number of likely N-dealkylation sites (N-methyl/N-ethyl adjacent to an activating group) is 1. The molecule has 1 aromatic heterocycles. The molecular formula is C23H26N2O5. The van der Waals surface area contributed by atoms with Crippen molar-refractivity contribution in [2.75, 3.05) is 39.8 Å². The molecule has 4 rings (SSSR count). The van der Waals surface area contributed by atoms with Gasteiger partial charge in [0.25, 0.3) is 0 Å². The van der Waals surface area contributed by atoms with Gasteiger partial charge in [0.1, 0.15) is 29.1 Å². The molecule has 0 atom stereocenters. The zero-order chi connectivity index (χ0) is 21.1. The molecule has 3 aromatic rings. The van der Waals surface area contributed by atoms with Crippen LogP contribution in [0.2, 0.25) is 0 Å². The van der Waals surface area contributed by atoms with Gasteiger partial charge in [-0.1, -0.05) is 6.92 Å². The van der Waals surface area contributed by atoms with Crippen molar-refractivity contribution in [1.29, 1.82) is 0 Å². The number of aromatic hydroxyl groups is 1. The first-order chi connectivity index (χ1) is 14.6. The van der Waals surface area contributed by atoms with Crippen molar-refractivity contribution in [2.24, 2.45) is 0 Å². The summed E-state index contributed by atoms with van der Waals surface area (Å²) in [6, 6.07) is 10.1. The first kappa shape index (κ1) is 20.3. The number of hydrogen-bond donors (Lipinski definition) is 1. The Hall–Kier alpha value is -3.03. The minimum Gasteiger partial charge on any atom is -0.507 e. The second-order valence-corrected chi connectivity index (χ2v) is 7.36. The highest BCUT2D eigenvalue weighted by Gasteiger charge is 2.20. The van der Waals surface area contributed by atoms with Crippen LogP contribution in [0.3, 0.4) is 0 Å². The summed E-state index contributed by atoms with van der Waals surface area (Å²) in [5.41, 5.74) is 0.759. The van der Waals surface area contributed by atoms with Gasteiger partial charge in [0.05, 0.1) is 18.1 Å². The Labute approximate surface area is 175 Å². The summed E-state index contributed by atoms with van der Waals surface area (Å²) in [7, 11) is 1.59. The highest BCUT2D eigenvalue weighted by atomic mass is 16.5. The molecular weight excluding hydrogens is 384 g/mol. The molecule has 0 unspecified atom stereocenters. The number of methoxy groups -OCH3 is 1. The lowest BCUT2D eigenvalue weighted by molar-refractivity contribution is 0.131. The molecule has 158 valence electrons. The second-order valence-electron chi connectivity index (χ2n) is 7.36. The minimum atomic E-state index is -0.274. The maximum Gasteiger partial charge on any atom is 0.235 e. The van der Waals surface area contributed by atoms with E-state index in [0.29, 0.717) is 34.6 Å². The number of hydrogen-bond acceptors (Lipinski definition) is 7. The molecule has 7 heteroatoms. The second kappa shape index (κ2) is 8.77. The third-order valence-corrected chi connectivity index (χ3v) is 5.57. The van der Waals surface area contributed by atoms with E-state index in [9.17, 15) is 9.90 Å². The molecule has 0 spiro atoms. The number of fused-ring (bicyclic) bond motifs is 1. The third-order valence-electron chi connectivity index (χ3n) is 5.57. The summed E-state index contributed by atoms with van der Waals surface area (Å²) in [6.45, 7) is 7.53. The van der Waals surface area contributed by atoms with E-state index in [1.165, 1.54) is 6.26 Å². The predicted octanol–water partition coefficient (Wildman–Crippen LogP) is 3.44. The van der Waals surface area contributed by atoms with Crippen molar-refractivity contribution < 1.29 is 19.0 Å². The van der Waals surface area contributed by atoms with Gasteiger partial charge in [-0.25, -0.2) is 0 Å². The Balaban J connectivity index is 1.61. The van der Waals surface area contributed by atoms with Gasteiger partial charge in [-0.2, -0.15) is 0 Å². The van der Waals surface area contributed by atoms with E-state index < -0.39 is 0 Å². The first-order valence-corrected chi connectivity index (χ1v) is 10.1. The van der Waals surface area contributed by atoms with Crippen molar-refractivity contribution in [2.45, 2.75) is 13.5 Å². The number of phenolic OH excluding ortho intramolecular Hbond substituents is 1. The van der Waals surface area contributed by atoms with Gasteiger partial charge >= 0.3 is 0 Å². The molecule has 0 radical (unpaired) electrons. The Kier molecular flexibility index (Phi) is 5.92. The number of piperazine rings is 1. The molecule has 0 aliphatic carbocycles. The van der Waals surface area contributed by atoms with E-state index in [1.54, 1.807) is 43.5 Å². The fourth-order valence-electron chi connectivity index (χ4n) is 3.71.